The lowest BCUT2D eigenvalue weighted by molar-refractivity contribution is 0.295. The van der Waals surface area contributed by atoms with Gasteiger partial charge in [0, 0.05) is 12.0 Å². The summed E-state index contributed by atoms with van der Waals surface area (Å²) in [6.07, 6.45) is 0.862. The van der Waals surface area contributed by atoms with Gasteiger partial charge in [-0.25, -0.2) is 0 Å². The second-order valence-electron chi connectivity index (χ2n) is 4.17. The highest BCUT2D eigenvalue weighted by Crippen LogP contribution is 2.32. The zero-order chi connectivity index (χ0) is 13.5. The first kappa shape index (κ1) is 13.8. The molecule has 0 aromatic heterocycles. The number of hydrogen-bond acceptors (Lipinski definition) is 2. The van der Waals surface area contributed by atoms with Crippen LogP contribution in [0.15, 0.2) is 48.5 Å². The van der Waals surface area contributed by atoms with E-state index in [1.165, 1.54) is 5.56 Å². The molecule has 0 radical (unpaired) electrons. The molecular formula is C16H17ClO2. The Bertz CT molecular complexity index is 489. The molecule has 0 bridgehead atoms. The minimum atomic E-state index is 0.415. The third-order valence-electron chi connectivity index (χ3n) is 2.90. The van der Waals surface area contributed by atoms with Crippen molar-refractivity contribution in [3.8, 4) is 11.5 Å². The lowest BCUT2D eigenvalue weighted by atomic mass is 10.1. The van der Waals surface area contributed by atoms with E-state index in [4.69, 9.17) is 21.1 Å². The van der Waals surface area contributed by atoms with Crippen LogP contribution in [0.4, 0.5) is 0 Å². The zero-order valence-corrected chi connectivity index (χ0v) is 11.7. The second kappa shape index (κ2) is 7.05. The maximum Gasteiger partial charge on any atom is 0.165 e. The highest BCUT2D eigenvalue weighted by atomic mass is 35.5. The maximum absolute atomic E-state index is 5.92. The number of alkyl halides is 1. The monoisotopic (exact) mass is 276 g/mol. The molecule has 0 spiro atoms. The molecule has 2 aromatic rings. The van der Waals surface area contributed by atoms with E-state index in [0.29, 0.717) is 12.5 Å². The summed E-state index contributed by atoms with van der Waals surface area (Å²) in [5.41, 5.74) is 2.21. The van der Waals surface area contributed by atoms with E-state index in [-0.39, 0.29) is 0 Å². The molecule has 0 heterocycles. The van der Waals surface area contributed by atoms with Crippen molar-refractivity contribution in [3.63, 3.8) is 0 Å². The second-order valence-corrected chi connectivity index (χ2v) is 4.43. The molecule has 0 saturated heterocycles. The molecular weight excluding hydrogens is 260 g/mol. The van der Waals surface area contributed by atoms with E-state index in [9.17, 15) is 0 Å². The highest BCUT2D eigenvalue weighted by Gasteiger charge is 2.09. The summed E-state index contributed by atoms with van der Waals surface area (Å²) < 4.78 is 11.2. The average molecular weight is 277 g/mol. The topological polar surface area (TPSA) is 18.5 Å². The fourth-order valence-electron chi connectivity index (χ4n) is 1.91. The van der Waals surface area contributed by atoms with E-state index in [2.05, 4.69) is 12.1 Å². The first-order valence-electron chi connectivity index (χ1n) is 6.23. The van der Waals surface area contributed by atoms with Crippen LogP contribution in [0.3, 0.4) is 0 Å². The van der Waals surface area contributed by atoms with E-state index in [1.54, 1.807) is 7.11 Å². The average Bonchev–Trinajstić information content (AvgIpc) is 2.48. The van der Waals surface area contributed by atoms with Crippen LogP contribution >= 0.6 is 11.6 Å². The number of halogens is 1. The van der Waals surface area contributed by atoms with Gasteiger partial charge in [0.1, 0.15) is 0 Å². The van der Waals surface area contributed by atoms with Gasteiger partial charge < -0.3 is 9.47 Å². The number of methoxy groups -OCH3 is 1. The van der Waals surface area contributed by atoms with Crippen LogP contribution in [0.25, 0.3) is 0 Å². The van der Waals surface area contributed by atoms with E-state index in [1.807, 2.05) is 36.4 Å². The first-order chi connectivity index (χ1) is 9.35. The predicted octanol–water partition coefficient (Wildman–Crippen LogP) is 4.06. The molecule has 2 aromatic carbocycles. The third kappa shape index (κ3) is 3.65. The molecule has 2 nitrogen and oxygen atoms in total. The molecule has 0 amide bonds. The molecule has 0 N–H and O–H groups in total. The molecule has 3 heteroatoms. The zero-order valence-electron chi connectivity index (χ0n) is 10.9. The predicted molar refractivity (Wildman–Crippen MR) is 78.2 cm³/mol. The lowest BCUT2D eigenvalue weighted by Gasteiger charge is -2.13. The quantitative estimate of drug-likeness (QED) is 0.741. The largest absolute Gasteiger partial charge is 0.493 e. The Kier molecular flexibility index (Phi) is 5.10. The molecule has 0 fully saturated rings. The summed E-state index contributed by atoms with van der Waals surface area (Å²) >= 11 is 5.92. The summed E-state index contributed by atoms with van der Waals surface area (Å²) in [5, 5.41) is 0. The summed E-state index contributed by atoms with van der Waals surface area (Å²) in [4.78, 5) is 0. The fourth-order valence-corrected chi connectivity index (χ4v) is 2.12. The number of hydrogen-bond donors (Lipinski definition) is 0. The van der Waals surface area contributed by atoms with Crippen molar-refractivity contribution < 1.29 is 9.47 Å². The lowest BCUT2D eigenvalue weighted by Crippen LogP contribution is -2.04. The van der Waals surface area contributed by atoms with Crippen LogP contribution in [0.2, 0.25) is 0 Å². The first-order valence-corrected chi connectivity index (χ1v) is 6.77. The van der Waals surface area contributed by atoms with Crippen molar-refractivity contribution in [2.45, 2.75) is 12.3 Å². The molecule has 0 aliphatic carbocycles. The molecule has 19 heavy (non-hydrogen) atoms. The Balaban J connectivity index is 2.02. The van der Waals surface area contributed by atoms with Crippen LogP contribution in [0.5, 0.6) is 11.5 Å². The van der Waals surface area contributed by atoms with Gasteiger partial charge in [-0.1, -0.05) is 42.5 Å². The number of rotatable bonds is 6. The Morgan fingerprint density at radius 2 is 1.79 bits per heavy atom. The minimum absolute atomic E-state index is 0.415. The Hall–Kier alpha value is -1.67. The van der Waals surface area contributed by atoms with Gasteiger partial charge in [-0.05, 0) is 11.6 Å². The maximum atomic E-state index is 5.92. The van der Waals surface area contributed by atoms with Crippen molar-refractivity contribution >= 4 is 11.6 Å². The third-order valence-corrected chi connectivity index (χ3v) is 3.19. The van der Waals surface area contributed by atoms with Gasteiger partial charge >= 0.3 is 0 Å². The van der Waals surface area contributed by atoms with Crippen molar-refractivity contribution in [1.82, 2.24) is 0 Å². The van der Waals surface area contributed by atoms with Crippen molar-refractivity contribution in [2.24, 2.45) is 0 Å². The van der Waals surface area contributed by atoms with Gasteiger partial charge in [-0.15, -0.1) is 11.6 Å². The van der Waals surface area contributed by atoms with Crippen LogP contribution < -0.4 is 9.47 Å². The smallest absolute Gasteiger partial charge is 0.165 e. The van der Waals surface area contributed by atoms with Crippen LogP contribution in [-0.4, -0.2) is 13.7 Å². The molecule has 0 unspecified atom stereocenters. The summed E-state index contributed by atoms with van der Waals surface area (Å²) in [6, 6.07) is 16.0. The number of para-hydroxylation sites is 1. The van der Waals surface area contributed by atoms with Crippen molar-refractivity contribution in [3.05, 3.63) is 59.7 Å². The Labute approximate surface area is 118 Å². The summed E-state index contributed by atoms with van der Waals surface area (Å²) in [6.45, 7) is 0.605. The molecule has 0 aliphatic heterocycles. The number of ether oxygens (including phenoxy) is 2. The van der Waals surface area contributed by atoms with Gasteiger partial charge in [-0.3, -0.25) is 0 Å². The molecule has 0 saturated carbocycles. The van der Waals surface area contributed by atoms with Crippen LogP contribution in [-0.2, 0) is 12.3 Å². The molecule has 2 rings (SSSR count). The number of benzene rings is 2. The fraction of sp³-hybridized carbons (Fsp3) is 0.250. The van der Waals surface area contributed by atoms with Crippen LogP contribution in [0.1, 0.15) is 11.1 Å². The van der Waals surface area contributed by atoms with Gasteiger partial charge in [0.15, 0.2) is 11.5 Å². The summed E-state index contributed by atoms with van der Waals surface area (Å²) in [5.74, 6) is 1.89. The van der Waals surface area contributed by atoms with Gasteiger partial charge in [0.25, 0.3) is 0 Å². The Morgan fingerprint density at radius 3 is 2.47 bits per heavy atom. The minimum Gasteiger partial charge on any atom is -0.493 e. The normalized spacial score (nSPS) is 10.2. The standard InChI is InChI=1S/C16H17ClO2/c1-18-15-9-5-8-14(12-17)16(15)19-11-10-13-6-3-2-4-7-13/h2-9H,10-12H2,1H3. The molecule has 100 valence electrons. The molecule has 0 atom stereocenters. The van der Waals surface area contributed by atoms with Crippen molar-refractivity contribution in [2.75, 3.05) is 13.7 Å². The van der Waals surface area contributed by atoms with Gasteiger partial charge in [0.05, 0.1) is 19.6 Å². The van der Waals surface area contributed by atoms with Gasteiger partial charge in [-0.2, -0.15) is 0 Å². The summed E-state index contributed by atoms with van der Waals surface area (Å²) in [7, 11) is 1.64. The van der Waals surface area contributed by atoms with Crippen molar-refractivity contribution in [1.29, 1.82) is 0 Å². The van der Waals surface area contributed by atoms with Crippen LogP contribution in [0, 0.1) is 0 Å². The SMILES string of the molecule is COc1cccc(CCl)c1OCCc1ccccc1. The molecule has 0 aliphatic rings. The van der Waals surface area contributed by atoms with E-state index < -0.39 is 0 Å². The van der Waals surface area contributed by atoms with Gasteiger partial charge in [0.2, 0.25) is 0 Å². The Morgan fingerprint density at radius 1 is 1.00 bits per heavy atom. The van der Waals surface area contributed by atoms with E-state index >= 15 is 0 Å². The van der Waals surface area contributed by atoms with E-state index in [0.717, 1.165) is 23.5 Å². The highest BCUT2D eigenvalue weighted by molar-refractivity contribution is 6.17.